The summed E-state index contributed by atoms with van der Waals surface area (Å²) in [5.74, 6) is -0.742. The molecule has 0 aliphatic rings. The van der Waals surface area contributed by atoms with E-state index in [9.17, 15) is 18.4 Å². The summed E-state index contributed by atoms with van der Waals surface area (Å²) in [6.07, 6.45) is 0.147. The van der Waals surface area contributed by atoms with E-state index in [0.29, 0.717) is 5.56 Å². The van der Waals surface area contributed by atoms with Crippen molar-refractivity contribution >= 4 is 22.6 Å². The minimum absolute atomic E-state index is 0.0756. The van der Waals surface area contributed by atoms with Crippen LogP contribution in [0.3, 0.4) is 0 Å². The average molecular weight is 471 g/mol. The van der Waals surface area contributed by atoms with E-state index < -0.39 is 12.7 Å². The van der Waals surface area contributed by atoms with E-state index in [2.05, 4.69) is 15.4 Å². The van der Waals surface area contributed by atoms with E-state index in [1.165, 1.54) is 19.2 Å². The second-order valence-electron chi connectivity index (χ2n) is 8.23. The predicted molar refractivity (Wildman–Crippen MR) is 126 cm³/mol. The van der Waals surface area contributed by atoms with Crippen molar-refractivity contribution in [1.29, 1.82) is 0 Å². The lowest BCUT2D eigenvalue weighted by molar-refractivity contribution is -0.129. The number of fused-ring (bicyclic) bond motifs is 1. The van der Waals surface area contributed by atoms with Gasteiger partial charge in [0, 0.05) is 6.54 Å². The van der Waals surface area contributed by atoms with Gasteiger partial charge in [-0.05, 0) is 39.9 Å². The molecule has 0 bridgehead atoms. The first-order valence-corrected chi connectivity index (χ1v) is 10.9. The summed E-state index contributed by atoms with van der Waals surface area (Å²) in [6, 6.07) is 17.5. The molecule has 8 heteroatoms. The highest BCUT2D eigenvalue weighted by Gasteiger charge is 2.24. The van der Waals surface area contributed by atoms with Crippen molar-refractivity contribution in [3.05, 3.63) is 71.8 Å². The third-order valence-electron chi connectivity index (χ3n) is 5.36. The SMILES string of the molecule is COc1ccc(CNC(=O)C(NC(=O)Cc2ccc3ccccc3c2)C(C)C)cc1OC(F)F. The minimum atomic E-state index is -3.00. The van der Waals surface area contributed by atoms with Gasteiger partial charge in [-0.2, -0.15) is 8.78 Å². The largest absolute Gasteiger partial charge is 0.493 e. The van der Waals surface area contributed by atoms with Crippen molar-refractivity contribution < 1.29 is 27.8 Å². The molecule has 0 saturated heterocycles. The van der Waals surface area contributed by atoms with Crippen molar-refractivity contribution in [2.45, 2.75) is 39.5 Å². The molecule has 34 heavy (non-hydrogen) atoms. The fraction of sp³-hybridized carbons (Fsp3) is 0.308. The van der Waals surface area contributed by atoms with Crippen LogP contribution in [0.2, 0.25) is 0 Å². The predicted octanol–water partition coefficient (Wildman–Crippen LogP) is 4.45. The molecule has 0 aliphatic heterocycles. The van der Waals surface area contributed by atoms with Gasteiger partial charge >= 0.3 is 6.61 Å². The van der Waals surface area contributed by atoms with Crippen LogP contribution in [0.25, 0.3) is 10.8 Å². The second-order valence-corrected chi connectivity index (χ2v) is 8.23. The van der Waals surface area contributed by atoms with Crippen LogP contribution in [0.5, 0.6) is 11.5 Å². The zero-order valence-electron chi connectivity index (χ0n) is 19.3. The monoisotopic (exact) mass is 470 g/mol. The summed E-state index contributed by atoms with van der Waals surface area (Å²) in [6.45, 7) is 0.749. The topological polar surface area (TPSA) is 76.7 Å². The highest BCUT2D eigenvalue weighted by atomic mass is 19.3. The summed E-state index contributed by atoms with van der Waals surface area (Å²) in [4.78, 5) is 25.5. The number of nitrogens with one attached hydrogen (secondary N) is 2. The molecule has 1 unspecified atom stereocenters. The van der Waals surface area contributed by atoms with Crippen LogP contribution in [-0.4, -0.2) is 31.6 Å². The van der Waals surface area contributed by atoms with Gasteiger partial charge in [-0.25, -0.2) is 0 Å². The average Bonchev–Trinajstić information content (AvgIpc) is 2.80. The highest BCUT2D eigenvalue weighted by Crippen LogP contribution is 2.29. The van der Waals surface area contributed by atoms with E-state index in [-0.39, 0.29) is 42.2 Å². The molecule has 0 radical (unpaired) electrons. The fourth-order valence-corrected chi connectivity index (χ4v) is 3.61. The molecule has 6 nitrogen and oxygen atoms in total. The van der Waals surface area contributed by atoms with E-state index in [1.807, 2.05) is 56.3 Å². The summed E-state index contributed by atoms with van der Waals surface area (Å²) < 4.78 is 34.8. The minimum Gasteiger partial charge on any atom is -0.493 e. The second kappa shape index (κ2) is 11.4. The Kier molecular flexibility index (Phi) is 8.40. The maximum absolute atomic E-state index is 12.8. The molecule has 2 N–H and O–H groups in total. The van der Waals surface area contributed by atoms with Gasteiger partial charge in [-0.3, -0.25) is 9.59 Å². The molecule has 0 spiro atoms. The summed E-state index contributed by atoms with van der Waals surface area (Å²) in [5, 5.41) is 7.70. The summed E-state index contributed by atoms with van der Waals surface area (Å²) >= 11 is 0. The third kappa shape index (κ3) is 6.66. The molecule has 3 aromatic carbocycles. The number of carbonyl (C=O) groups excluding carboxylic acids is 2. The van der Waals surface area contributed by atoms with Crippen LogP contribution in [-0.2, 0) is 22.6 Å². The Morgan fingerprint density at radius 2 is 1.62 bits per heavy atom. The maximum atomic E-state index is 12.8. The third-order valence-corrected chi connectivity index (χ3v) is 5.36. The fourth-order valence-electron chi connectivity index (χ4n) is 3.61. The number of amides is 2. The standard InChI is InChI=1S/C26H28F2N2O4/c1-16(2)24(30-23(31)14-17-8-10-19-6-4-5-7-20(19)12-17)25(32)29-15-18-9-11-21(33-3)22(13-18)34-26(27)28/h4-13,16,24,26H,14-15H2,1-3H3,(H,29,32)(H,30,31). The zero-order valence-corrected chi connectivity index (χ0v) is 19.3. The Hall–Kier alpha value is -3.68. The first-order valence-electron chi connectivity index (χ1n) is 10.9. The van der Waals surface area contributed by atoms with E-state index in [4.69, 9.17) is 4.74 Å². The van der Waals surface area contributed by atoms with Crippen LogP contribution < -0.4 is 20.1 Å². The first-order chi connectivity index (χ1) is 16.3. The molecule has 3 aromatic rings. The Morgan fingerprint density at radius 3 is 2.29 bits per heavy atom. The van der Waals surface area contributed by atoms with E-state index in [1.54, 1.807) is 6.07 Å². The van der Waals surface area contributed by atoms with E-state index >= 15 is 0 Å². The zero-order chi connectivity index (χ0) is 24.7. The molecule has 0 fully saturated rings. The highest BCUT2D eigenvalue weighted by molar-refractivity contribution is 5.89. The number of hydrogen-bond acceptors (Lipinski definition) is 4. The summed E-state index contributed by atoms with van der Waals surface area (Å²) in [5.41, 5.74) is 1.40. The number of alkyl halides is 2. The molecule has 3 rings (SSSR count). The summed E-state index contributed by atoms with van der Waals surface area (Å²) in [7, 11) is 1.35. The number of halogens is 2. The van der Waals surface area contributed by atoms with Crippen molar-refractivity contribution in [3.63, 3.8) is 0 Å². The lowest BCUT2D eigenvalue weighted by Gasteiger charge is -2.22. The van der Waals surface area contributed by atoms with E-state index in [0.717, 1.165) is 16.3 Å². The van der Waals surface area contributed by atoms with Crippen LogP contribution in [0.15, 0.2) is 60.7 Å². The van der Waals surface area contributed by atoms with Gasteiger partial charge in [0.1, 0.15) is 6.04 Å². The Bertz CT molecular complexity index is 1150. The van der Waals surface area contributed by atoms with Crippen LogP contribution in [0.4, 0.5) is 8.78 Å². The molecule has 0 aliphatic carbocycles. The van der Waals surface area contributed by atoms with Crippen molar-refractivity contribution in [2.24, 2.45) is 5.92 Å². The van der Waals surface area contributed by atoms with Gasteiger partial charge in [-0.1, -0.05) is 62.4 Å². The molecule has 2 amide bonds. The smallest absolute Gasteiger partial charge is 0.387 e. The molecule has 1 atom stereocenters. The molecule has 0 aromatic heterocycles. The number of carbonyl (C=O) groups is 2. The van der Waals surface area contributed by atoms with Crippen molar-refractivity contribution in [3.8, 4) is 11.5 Å². The molecule has 0 heterocycles. The number of hydrogen-bond donors (Lipinski definition) is 2. The van der Waals surface area contributed by atoms with Gasteiger partial charge in [0.2, 0.25) is 11.8 Å². The van der Waals surface area contributed by atoms with Gasteiger partial charge in [0.15, 0.2) is 11.5 Å². The van der Waals surface area contributed by atoms with Gasteiger partial charge in [-0.15, -0.1) is 0 Å². The maximum Gasteiger partial charge on any atom is 0.387 e. The van der Waals surface area contributed by atoms with Gasteiger partial charge < -0.3 is 20.1 Å². The van der Waals surface area contributed by atoms with Gasteiger partial charge in [0.05, 0.1) is 13.5 Å². The number of ether oxygens (including phenoxy) is 2. The van der Waals surface area contributed by atoms with Crippen LogP contribution in [0.1, 0.15) is 25.0 Å². The van der Waals surface area contributed by atoms with Crippen molar-refractivity contribution in [1.82, 2.24) is 10.6 Å². The Labute approximate surface area is 197 Å². The number of rotatable bonds is 10. The molecule has 0 saturated carbocycles. The normalized spacial score (nSPS) is 12.0. The van der Waals surface area contributed by atoms with Crippen molar-refractivity contribution in [2.75, 3.05) is 7.11 Å². The van der Waals surface area contributed by atoms with Crippen LogP contribution in [0, 0.1) is 5.92 Å². The lowest BCUT2D eigenvalue weighted by Crippen LogP contribution is -2.49. The van der Waals surface area contributed by atoms with Gasteiger partial charge in [0.25, 0.3) is 0 Å². The molecular weight excluding hydrogens is 442 g/mol. The first kappa shape index (κ1) is 25.0. The van der Waals surface area contributed by atoms with Crippen LogP contribution >= 0.6 is 0 Å². The Morgan fingerprint density at radius 1 is 0.912 bits per heavy atom. The lowest BCUT2D eigenvalue weighted by atomic mass is 10.0. The quantitative estimate of drug-likeness (QED) is 0.459. The number of methoxy groups -OCH3 is 1. The molecular formula is C26H28F2N2O4. The number of benzene rings is 3. The Balaban J connectivity index is 1.61. The molecule has 180 valence electrons.